The van der Waals surface area contributed by atoms with Crippen LogP contribution in [0.4, 0.5) is 0 Å². The van der Waals surface area contributed by atoms with Gasteiger partial charge in [-0.3, -0.25) is 0 Å². The van der Waals surface area contributed by atoms with Crippen molar-refractivity contribution in [2.45, 2.75) is 39.6 Å². The van der Waals surface area contributed by atoms with Crippen LogP contribution in [0, 0.1) is 0 Å². The van der Waals surface area contributed by atoms with Gasteiger partial charge in [0.25, 0.3) is 0 Å². The zero-order valence-electron chi connectivity index (χ0n) is 35.3. The maximum absolute atomic E-state index is 4.97. The summed E-state index contributed by atoms with van der Waals surface area (Å²) in [5, 5.41) is 0. The second kappa shape index (κ2) is 42.7. The zero-order chi connectivity index (χ0) is 48.6. The van der Waals surface area contributed by atoms with Gasteiger partial charge in [0.2, 0.25) is 0 Å². The molecule has 6 aromatic carbocycles. The molecular weight excluding hydrogens is 1150 g/mol. The molecule has 0 radical (unpaired) electrons. The zero-order valence-corrected chi connectivity index (χ0v) is 47.1. The van der Waals surface area contributed by atoms with Crippen LogP contribution in [0.3, 0.4) is 0 Å². The quantitative estimate of drug-likeness (QED) is 0.0663. The van der Waals surface area contributed by atoms with Crippen LogP contribution < -0.4 is 0 Å². The Morgan fingerprint density at radius 1 is 0.239 bits per heavy atom. The van der Waals surface area contributed by atoms with Gasteiger partial charge < -0.3 is 178 Å². The van der Waals surface area contributed by atoms with E-state index >= 15 is 0 Å². The number of ether oxygens (including phenoxy) is 6. The van der Waals surface area contributed by atoms with E-state index in [2.05, 4.69) is 149 Å². The molecule has 6 rings (SSSR count). The van der Waals surface area contributed by atoms with E-state index in [4.69, 9.17) is 28.4 Å². The number of benzene rings is 6. The van der Waals surface area contributed by atoms with Gasteiger partial charge in [-0.25, -0.2) is 0 Å². The van der Waals surface area contributed by atoms with Crippen LogP contribution in [0.25, 0.3) is 0 Å². The van der Waals surface area contributed by atoms with Gasteiger partial charge in [0, 0.05) is 47.4 Å². The van der Waals surface area contributed by atoms with Gasteiger partial charge in [-0.1, -0.05) is 182 Å². The molecule has 0 saturated carbocycles. The minimum atomic E-state index is 0. The molecule has 0 amide bonds. The van der Waals surface area contributed by atoms with Crippen molar-refractivity contribution in [1.82, 2.24) is 0 Å². The molecule has 0 aliphatic rings. The van der Waals surface area contributed by atoms with Crippen LogP contribution in [0.15, 0.2) is 182 Å². The third kappa shape index (κ3) is 41.4. The molecule has 67 heavy (non-hydrogen) atoms. The monoisotopic (exact) mass is 1200 g/mol. The normalized spacial score (nSPS) is 8.96. The van der Waals surface area contributed by atoms with Crippen molar-refractivity contribution in [2.24, 2.45) is 0 Å². The molecule has 0 aliphatic carbocycles. The summed E-state index contributed by atoms with van der Waals surface area (Å²) in [5.74, 6) is 0. The van der Waals surface area contributed by atoms with Gasteiger partial charge in [-0.15, -0.1) is 0 Å². The molecule has 0 aliphatic heterocycles. The van der Waals surface area contributed by atoms with Crippen molar-refractivity contribution in [3.63, 3.8) is 0 Å². The average Bonchev–Trinajstić information content (AvgIpc) is 3.33. The van der Waals surface area contributed by atoms with E-state index in [-0.39, 0.29) is 47.4 Å². The van der Waals surface area contributed by atoms with E-state index in [0.717, 1.165) is 33.4 Å². The van der Waals surface area contributed by atoms with E-state index in [1.807, 2.05) is 182 Å². The summed E-state index contributed by atoms with van der Waals surface area (Å²) in [6, 6.07) is 58.7. The molecule has 0 bridgehead atoms. The van der Waals surface area contributed by atoms with Gasteiger partial charge >= 0.3 is 0 Å². The van der Waals surface area contributed by atoms with Gasteiger partial charge in [0.05, 0.1) is 0 Å². The Morgan fingerprint density at radius 3 is 0.433 bits per heavy atom. The Hall–Kier alpha value is -3.33. The van der Waals surface area contributed by atoms with Gasteiger partial charge in [-0.2, -0.15) is 0 Å². The van der Waals surface area contributed by atoms with Crippen LogP contribution >= 0.6 is 73.3 Å². The van der Waals surface area contributed by atoms with Crippen molar-refractivity contribution in [3.05, 3.63) is 215 Å². The van der Waals surface area contributed by atoms with Crippen LogP contribution in [0.5, 0.6) is 0 Å². The molecule has 0 saturated heterocycles. The first kappa shape index (κ1) is 63.7. The standard InChI is InChI=1S/6C8H8OS2.Mo/c6*10-8(11)9-6-7-4-2-1-3-5-7;/h6*1-5H,6H2,(H,10,11);/p-6. The fraction of sp³-hybridized carbons (Fsp3) is 0.125. The van der Waals surface area contributed by atoms with Crippen molar-refractivity contribution < 1.29 is 49.5 Å². The Kier molecular flexibility index (Phi) is 40.6. The number of rotatable bonds is 12. The number of hydrogen-bond acceptors (Lipinski definition) is 18. The Morgan fingerprint density at radius 2 is 0.343 bits per heavy atom. The Bertz CT molecular complexity index is 1820. The molecule has 354 valence electrons. The van der Waals surface area contributed by atoms with Crippen LogP contribution in [-0.4, -0.2) is 26.3 Å². The van der Waals surface area contributed by atoms with Crippen molar-refractivity contribution >= 4 is 175 Å². The van der Waals surface area contributed by atoms with E-state index in [1.165, 1.54) is 0 Å². The molecule has 0 unspecified atom stereocenters. The summed E-state index contributed by atoms with van der Waals surface area (Å²) in [6.45, 7) is 2.85. The summed E-state index contributed by atoms with van der Waals surface area (Å²) in [6.07, 6.45) is 0. The summed E-state index contributed by atoms with van der Waals surface area (Å²) < 4.78 is 30.9. The molecule has 0 aromatic heterocycles. The maximum atomic E-state index is 4.97. The first-order valence-electron chi connectivity index (χ1n) is 19.0. The van der Waals surface area contributed by atoms with E-state index in [1.54, 1.807) is 0 Å². The molecule has 19 heteroatoms. The SMILES string of the molecule is S=C([S-])OCc1ccccc1.S=C([S-])OCc1ccccc1.S=C([S-])OCc1ccccc1.S=C([S-])OCc1ccccc1.S=C([S-])OCc1ccccc1.S=C([S-])OCc1ccccc1.[Mo]. The molecular formula is C48H42MoO6S12-6. The topological polar surface area (TPSA) is 55.4 Å². The minimum Gasteiger partial charge on any atom is -0.509 e. The van der Waals surface area contributed by atoms with Crippen molar-refractivity contribution in [2.75, 3.05) is 0 Å². The summed E-state index contributed by atoms with van der Waals surface area (Å²) in [7, 11) is 0. The first-order chi connectivity index (χ1) is 31.7. The predicted octanol–water partition coefficient (Wildman–Crippen LogP) is 12.2. The first-order valence-corrected chi connectivity index (χ1v) is 23.9. The Labute approximate surface area is 474 Å². The molecule has 0 atom stereocenters. The van der Waals surface area contributed by atoms with Crippen LogP contribution in [-0.2, 0) is 165 Å². The van der Waals surface area contributed by atoms with Crippen molar-refractivity contribution in [3.8, 4) is 0 Å². The molecule has 0 fully saturated rings. The smallest absolute Gasteiger partial charge is 0.111 e. The Balaban J connectivity index is 0.000000778. The minimum absolute atomic E-state index is 0. The average molecular weight is 1200 g/mol. The van der Waals surface area contributed by atoms with E-state index in [9.17, 15) is 0 Å². The fourth-order valence-electron chi connectivity index (χ4n) is 4.30. The van der Waals surface area contributed by atoms with Gasteiger partial charge in [0.1, 0.15) is 39.6 Å². The summed E-state index contributed by atoms with van der Waals surface area (Å²) >= 11 is 55.0. The molecule has 0 spiro atoms. The second-order valence-electron chi connectivity index (χ2n) is 12.1. The van der Waals surface area contributed by atoms with E-state index < -0.39 is 0 Å². The van der Waals surface area contributed by atoms with Crippen molar-refractivity contribution in [1.29, 1.82) is 0 Å². The predicted molar refractivity (Wildman–Crippen MR) is 307 cm³/mol. The molecule has 6 nitrogen and oxygen atoms in total. The summed E-state index contributed by atoms with van der Waals surface area (Å²) in [5.41, 5.74) is 6.50. The fourth-order valence-corrected chi connectivity index (χ4v) is 5.01. The molecule has 0 heterocycles. The van der Waals surface area contributed by atoms with Gasteiger partial charge in [-0.05, 0) is 33.4 Å². The third-order valence-electron chi connectivity index (χ3n) is 7.20. The van der Waals surface area contributed by atoms with Crippen LogP contribution in [0.1, 0.15) is 33.4 Å². The van der Waals surface area contributed by atoms with Gasteiger partial charge in [0.15, 0.2) is 0 Å². The maximum Gasteiger partial charge on any atom is 0.111 e. The number of hydrogen-bond donors (Lipinski definition) is 0. The molecule has 0 N–H and O–H groups in total. The summed E-state index contributed by atoms with van der Waals surface area (Å²) in [4.78, 5) is 0. The largest absolute Gasteiger partial charge is 0.509 e. The van der Waals surface area contributed by atoms with Crippen LogP contribution in [0.2, 0.25) is 0 Å². The second-order valence-corrected chi connectivity index (χ2v) is 18.1. The molecule has 6 aromatic rings. The third-order valence-corrected chi connectivity index (χ3v) is 8.61. The number of thiocarbonyl (C=S) groups is 6. The van der Waals surface area contributed by atoms with E-state index in [0.29, 0.717) is 39.6 Å².